The van der Waals surface area contributed by atoms with Crippen LogP contribution in [0.15, 0.2) is 47.4 Å². The van der Waals surface area contributed by atoms with E-state index in [-0.39, 0.29) is 22.6 Å². The average molecular weight is 498 g/mol. The summed E-state index contributed by atoms with van der Waals surface area (Å²) in [6, 6.07) is 11.4. The van der Waals surface area contributed by atoms with Crippen LogP contribution in [0.4, 0.5) is 5.69 Å². The Balaban J connectivity index is 1.34. The third-order valence-corrected chi connectivity index (χ3v) is 8.79. The van der Waals surface area contributed by atoms with Gasteiger partial charge in [-0.2, -0.15) is 0 Å². The number of aryl methyl sites for hydroxylation is 2. The van der Waals surface area contributed by atoms with E-state index in [1.54, 1.807) is 29.2 Å². The molecule has 0 saturated carbocycles. The predicted octanol–water partition coefficient (Wildman–Crippen LogP) is 4.21. The molecule has 2 saturated heterocycles. The van der Waals surface area contributed by atoms with Crippen LogP contribution >= 0.6 is 0 Å². The van der Waals surface area contributed by atoms with Gasteiger partial charge in [0, 0.05) is 43.3 Å². The average Bonchev–Trinajstić information content (AvgIpc) is 2.86. The minimum atomic E-state index is -3.76. The van der Waals surface area contributed by atoms with Gasteiger partial charge in [0.05, 0.1) is 4.90 Å². The Morgan fingerprint density at radius 2 is 1.43 bits per heavy atom. The lowest BCUT2D eigenvalue weighted by molar-refractivity contribution is -0.138. The van der Waals surface area contributed by atoms with Crippen LogP contribution in [-0.2, 0) is 14.8 Å². The second kappa shape index (κ2) is 10.4. The first-order chi connectivity index (χ1) is 16.6. The SMILES string of the molecule is Cc1ccc(NS(=O)(=O)c2ccc(C(=O)N3CCC(C(=O)N4CCC(C)CC4)CC3)cc2)cc1C. The van der Waals surface area contributed by atoms with Crippen molar-refractivity contribution in [2.75, 3.05) is 30.9 Å². The fourth-order valence-electron chi connectivity index (χ4n) is 4.79. The first kappa shape index (κ1) is 25.2. The lowest BCUT2D eigenvalue weighted by Gasteiger charge is -2.36. The van der Waals surface area contributed by atoms with Crippen molar-refractivity contribution in [3.05, 3.63) is 59.2 Å². The highest BCUT2D eigenvalue weighted by molar-refractivity contribution is 7.92. The Morgan fingerprint density at radius 1 is 0.829 bits per heavy atom. The summed E-state index contributed by atoms with van der Waals surface area (Å²) >= 11 is 0. The maximum atomic E-state index is 13.0. The zero-order chi connectivity index (χ0) is 25.2. The van der Waals surface area contributed by atoms with E-state index in [4.69, 9.17) is 0 Å². The van der Waals surface area contributed by atoms with Gasteiger partial charge in [0.25, 0.3) is 15.9 Å². The molecule has 4 rings (SSSR count). The van der Waals surface area contributed by atoms with Crippen molar-refractivity contribution < 1.29 is 18.0 Å². The highest BCUT2D eigenvalue weighted by Gasteiger charge is 2.31. The quantitative estimate of drug-likeness (QED) is 0.670. The third-order valence-electron chi connectivity index (χ3n) is 7.40. The molecule has 0 bridgehead atoms. The molecule has 0 spiro atoms. The number of hydrogen-bond donors (Lipinski definition) is 1. The molecular weight excluding hydrogens is 462 g/mol. The van der Waals surface area contributed by atoms with Crippen molar-refractivity contribution in [3.8, 4) is 0 Å². The highest BCUT2D eigenvalue weighted by Crippen LogP contribution is 2.25. The Morgan fingerprint density at radius 3 is 2.03 bits per heavy atom. The topological polar surface area (TPSA) is 86.8 Å². The number of rotatable bonds is 5. The minimum absolute atomic E-state index is 0.0172. The molecule has 0 aliphatic carbocycles. The van der Waals surface area contributed by atoms with E-state index in [9.17, 15) is 18.0 Å². The first-order valence-electron chi connectivity index (χ1n) is 12.4. The van der Waals surface area contributed by atoms with Gasteiger partial charge >= 0.3 is 0 Å². The highest BCUT2D eigenvalue weighted by atomic mass is 32.2. The molecule has 2 aliphatic rings. The monoisotopic (exact) mass is 497 g/mol. The number of sulfonamides is 1. The second-order valence-corrected chi connectivity index (χ2v) is 11.7. The maximum Gasteiger partial charge on any atom is 0.261 e. The van der Waals surface area contributed by atoms with Crippen LogP contribution in [0.5, 0.6) is 0 Å². The Labute approximate surface area is 208 Å². The Bertz CT molecular complexity index is 1180. The molecule has 0 atom stereocenters. The van der Waals surface area contributed by atoms with Crippen molar-refractivity contribution >= 4 is 27.5 Å². The number of nitrogens with zero attached hydrogens (tertiary/aromatic N) is 2. The number of benzene rings is 2. The Kier molecular flexibility index (Phi) is 7.50. The number of piperidine rings is 2. The van der Waals surface area contributed by atoms with E-state index in [0.717, 1.165) is 37.1 Å². The summed E-state index contributed by atoms with van der Waals surface area (Å²) in [6.45, 7) is 8.88. The molecular formula is C27H35N3O4S. The number of amides is 2. The molecule has 0 aromatic heterocycles. The summed E-state index contributed by atoms with van der Waals surface area (Å²) in [5.41, 5.74) is 3.04. The summed E-state index contributed by atoms with van der Waals surface area (Å²) in [5, 5.41) is 0. The van der Waals surface area contributed by atoms with E-state index in [0.29, 0.717) is 43.1 Å². The van der Waals surface area contributed by atoms with Crippen LogP contribution in [0, 0.1) is 25.7 Å². The second-order valence-electron chi connectivity index (χ2n) is 10.0. The van der Waals surface area contributed by atoms with E-state index < -0.39 is 10.0 Å². The number of hydrogen-bond acceptors (Lipinski definition) is 4. The van der Waals surface area contributed by atoms with Crippen LogP contribution < -0.4 is 4.72 Å². The van der Waals surface area contributed by atoms with Crippen LogP contribution in [-0.4, -0.2) is 56.2 Å². The normalized spacial score (nSPS) is 17.9. The zero-order valence-electron chi connectivity index (χ0n) is 20.8. The first-order valence-corrected chi connectivity index (χ1v) is 13.9. The summed E-state index contributed by atoms with van der Waals surface area (Å²) in [5.74, 6) is 0.766. The number of likely N-dealkylation sites (tertiary alicyclic amines) is 2. The summed E-state index contributed by atoms with van der Waals surface area (Å²) in [4.78, 5) is 29.7. The molecule has 2 aliphatic heterocycles. The minimum Gasteiger partial charge on any atom is -0.342 e. The molecule has 2 amide bonds. The van der Waals surface area contributed by atoms with Crippen molar-refractivity contribution in [3.63, 3.8) is 0 Å². The fraction of sp³-hybridized carbons (Fsp3) is 0.481. The largest absolute Gasteiger partial charge is 0.342 e. The lowest BCUT2D eigenvalue weighted by Crippen LogP contribution is -2.46. The van der Waals surface area contributed by atoms with Gasteiger partial charge in [0.2, 0.25) is 5.91 Å². The van der Waals surface area contributed by atoms with Gasteiger partial charge in [-0.25, -0.2) is 8.42 Å². The summed E-state index contributed by atoms with van der Waals surface area (Å²) in [7, 11) is -3.76. The van der Waals surface area contributed by atoms with Gasteiger partial charge in [-0.1, -0.05) is 13.0 Å². The molecule has 188 valence electrons. The van der Waals surface area contributed by atoms with Crippen LogP contribution in [0.25, 0.3) is 0 Å². The number of carbonyl (C=O) groups excluding carboxylic acids is 2. The van der Waals surface area contributed by atoms with Crippen LogP contribution in [0.2, 0.25) is 0 Å². The molecule has 1 N–H and O–H groups in total. The van der Waals surface area contributed by atoms with Gasteiger partial charge < -0.3 is 9.80 Å². The van der Waals surface area contributed by atoms with E-state index in [1.165, 1.54) is 12.1 Å². The van der Waals surface area contributed by atoms with Crippen LogP contribution in [0.3, 0.4) is 0 Å². The Hall–Kier alpha value is -2.87. The smallest absolute Gasteiger partial charge is 0.261 e. The standard InChI is InChI=1S/C27H35N3O4S/c1-19-10-14-29(15-11-19)27(32)23-12-16-30(17-13-23)26(31)22-5-8-25(9-6-22)35(33,34)28-24-7-4-20(2)21(3)18-24/h4-9,18-19,23,28H,10-17H2,1-3H3. The van der Waals surface area contributed by atoms with Crippen molar-refractivity contribution in [1.82, 2.24) is 9.80 Å². The molecule has 0 radical (unpaired) electrons. The van der Waals surface area contributed by atoms with Gasteiger partial charge in [-0.3, -0.25) is 14.3 Å². The van der Waals surface area contributed by atoms with Crippen molar-refractivity contribution in [2.24, 2.45) is 11.8 Å². The van der Waals surface area contributed by atoms with Gasteiger partial charge in [-0.15, -0.1) is 0 Å². The summed E-state index contributed by atoms with van der Waals surface area (Å²) in [6.07, 6.45) is 3.47. The van der Waals surface area contributed by atoms with E-state index >= 15 is 0 Å². The predicted molar refractivity (Wildman–Crippen MR) is 137 cm³/mol. The lowest BCUT2D eigenvalue weighted by atomic mass is 9.92. The molecule has 2 aromatic rings. The van der Waals surface area contributed by atoms with Crippen molar-refractivity contribution in [2.45, 2.75) is 51.3 Å². The van der Waals surface area contributed by atoms with E-state index in [1.807, 2.05) is 24.8 Å². The van der Waals surface area contributed by atoms with Gasteiger partial charge in [0.15, 0.2) is 0 Å². The van der Waals surface area contributed by atoms with E-state index in [2.05, 4.69) is 11.6 Å². The maximum absolute atomic E-state index is 13.0. The molecule has 0 unspecified atom stereocenters. The molecule has 8 heteroatoms. The van der Waals surface area contributed by atoms with Crippen LogP contribution in [0.1, 0.15) is 54.1 Å². The molecule has 35 heavy (non-hydrogen) atoms. The molecule has 2 heterocycles. The number of nitrogens with one attached hydrogen (secondary N) is 1. The molecule has 2 fully saturated rings. The summed E-state index contributed by atoms with van der Waals surface area (Å²) < 4.78 is 28.2. The molecule has 2 aromatic carbocycles. The number of anilines is 1. The zero-order valence-corrected chi connectivity index (χ0v) is 21.6. The van der Waals surface area contributed by atoms with Crippen molar-refractivity contribution in [1.29, 1.82) is 0 Å². The van der Waals surface area contributed by atoms with Gasteiger partial charge in [-0.05, 0) is 93.0 Å². The fourth-order valence-corrected chi connectivity index (χ4v) is 5.84. The molecule has 7 nitrogen and oxygen atoms in total. The third kappa shape index (κ3) is 5.86. The number of carbonyl (C=O) groups is 2. The van der Waals surface area contributed by atoms with Gasteiger partial charge in [0.1, 0.15) is 0 Å².